The number of carbonyl (C=O) groups excluding carboxylic acids is 1. The van der Waals surface area contributed by atoms with Crippen molar-refractivity contribution in [3.8, 4) is 0 Å². The quantitative estimate of drug-likeness (QED) is 0.775. The molecule has 1 aromatic rings. The molecule has 1 rings (SSSR count). The number of nitrogens with one attached hydrogen (secondary N) is 1. The van der Waals surface area contributed by atoms with Crippen LogP contribution in [0.5, 0.6) is 0 Å². The molecule has 0 aliphatic carbocycles. The van der Waals surface area contributed by atoms with E-state index >= 15 is 0 Å². The van der Waals surface area contributed by atoms with Gasteiger partial charge in [-0.2, -0.15) is 5.10 Å². The van der Waals surface area contributed by atoms with Gasteiger partial charge in [0.25, 0.3) is 0 Å². The minimum absolute atomic E-state index is 0.138. The third-order valence-electron chi connectivity index (χ3n) is 1.96. The molecule has 0 radical (unpaired) electrons. The van der Waals surface area contributed by atoms with Crippen molar-refractivity contribution in [3.05, 3.63) is 18.0 Å². The van der Waals surface area contributed by atoms with Crippen LogP contribution >= 0.6 is 0 Å². The molecule has 0 bridgehead atoms. The van der Waals surface area contributed by atoms with Crippen molar-refractivity contribution in [2.75, 3.05) is 7.05 Å². The Kier molecular flexibility index (Phi) is 2.93. The first kappa shape index (κ1) is 10.8. The molecule has 0 aliphatic heterocycles. The first-order valence-corrected chi connectivity index (χ1v) is 4.64. The topological polar surface area (TPSA) is 49.0 Å². The molecule has 1 N–H and O–H groups in total. The van der Waals surface area contributed by atoms with Crippen molar-refractivity contribution >= 4 is 5.91 Å². The van der Waals surface area contributed by atoms with Gasteiger partial charge in [0, 0.05) is 30.8 Å². The van der Waals surface area contributed by atoms with Gasteiger partial charge in [0.15, 0.2) is 0 Å². The van der Waals surface area contributed by atoms with Gasteiger partial charge in [0.2, 0.25) is 5.91 Å². The summed E-state index contributed by atoms with van der Waals surface area (Å²) < 4.78 is 0. The summed E-state index contributed by atoms with van der Waals surface area (Å²) in [5, 5.41) is 6.56. The lowest BCUT2D eigenvalue weighted by atomic mass is 9.95. The highest BCUT2D eigenvalue weighted by Crippen LogP contribution is 2.17. The first-order chi connectivity index (χ1) is 6.41. The zero-order valence-electron chi connectivity index (χ0n) is 9.16. The van der Waals surface area contributed by atoms with Crippen LogP contribution in [0, 0.1) is 5.41 Å². The Labute approximate surface area is 84.3 Å². The first-order valence-electron chi connectivity index (χ1n) is 4.64. The van der Waals surface area contributed by atoms with E-state index in [0.717, 1.165) is 5.56 Å². The molecule has 4 heteroatoms. The Balaban J connectivity index is 2.59. The number of H-pyrrole nitrogens is 1. The van der Waals surface area contributed by atoms with E-state index in [4.69, 9.17) is 0 Å². The fourth-order valence-corrected chi connectivity index (χ4v) is 1.28. The van der Waals surface area contributed by atoms with Crippen molar-refractivity contribution in [2.45, 2.75) is 27.3 Å². The summed E-state index contributed by atoms with van der Waals surface area (Å²) in [4.78, 5) is 13.5. The number of nitrogens with zero attached hydrogens (tertiary/aromatic N) is 2. The molecule has 1 amide bonds. The number of hydrogen-bond donors (Lipinski definition) is 1. The molecule has 1 heterocycles. The molecule has 0 fully saturated rings. The second-order valence-corrected chi connectivity index (χ2v) is 4.52. The predicted octanol–water partition coefficient (Wildman–Crippen LogP) is 1.41. The fraction of sp³-hybridized carbons (Fsp3) is 0.600. The summed E-state index contributed by atoms with van der Waals surface area (Å²) in [7, 11) is 1.81. The molecule has 4 nitrogen and oxygen atoms in total. The van der Waals surface area contributed by atoms with Gasteiger partial charge in [0.1, 0.15) is 0 Å². The minimum atomic E-state index is -0.321. The zero-order chi connectivity index (χ0) is 10.8. The maximum atomic E-state index is 11.8. The Morgan fingerprint density at radius 2 is 2.21 bits per heavy atom. The molecule has 0 spiro atoms. The summed E-state index contributed by atoms with van der Waals surface area (Å²) in [6.07, 6.45) is 3.53. The lowest BCUT2D eigenvalue weighted by Gasteiger charge is -2.25. The van der Waals surface area contributed by atoms with E-state index in [2.05, 4.69) is 10.2 Å². The highest BCUT2D eigenvalue weighted by Gasteiger charge is 2.24. The van der Waals surface area contributed by atoms with Crippen LogP contribution in [-0.2, 0) is 11.3 Å². The van der Waals surface area contributed by atoms with Crippen LogP contribution < -0.4 is 0 Å². The van der Waals surface area contributed by atoms with Gasteiger partial charge in [-0.25, -0.2) is 0 Å². The van der Waals surface area contributed by atoms with Crippen molar-refractivity contribution in [3.63, 3.8) is 0 Å². The Bertz CT molecular complexity index is 298. The van der Waals surface area contributed by atoms with Crippen LogP contribution in [0.1, 0.15) is 26.3 Å². The summed E-state index contributed by atoms with van der Waals surface area (Å²) in [6.45, 7) is 6.36. The fourth-order valence-electron chi connectivity index (χ4n) is 1.28. The van der Waals surface area contributed by atoms with Crippen molar-refractivity contribution in [1.29, 1.82) is 0 Å². The number of rotatable bonds is 2. The molecule has 0 saturated heterocycles. The lowest BCUT2D eigenvalue weighted by Crippen LogP contribution is -2.36. The second kappa shape index (κ2) is 3.82. The minimum Gasteiger partial charge on any atom is -0.341 e. The molecular weight excluding hydrogens is 178 g/mol. The maximum absolute atomic E-state index is 11.8. The molecule has 0 atom stereocenters. The molecule has 0 aliphatic rings. The molecular formula is C10H17N3O. The van der Waals surface area contributed by atoms with Gasteiger partial charge < -0.3 is 4.90 Å². The Morgan fingerprint density at radius 3 is 2.64 bits per heavy atom. The highest BCUT2D eigenvalue weighted by molar-refractivity contribution is 5.81. The summed E-state index contributed by atoms with van der Waals surface area (Å²) in [6, 6.07) is 0. The second-order valence-electron chi connectivity index (χ2n) is 4.52. The smallest absolute Gasteiger partial charge is 0.227 e. The monoisotopic (exact) mass is 195 g/mol. The van der Waals surface area contributed by atoms with Crippen LogP contribution in [0.2, 0.25) is 0 Å². The Hall–Kier alpha value is -1.32. The number of amides is 1. The summed E-state index contributed by atoms with van der Waals surface area (Å²) >= 11 is 0. The largest absolute Gasteiger partial charge is 0.341 e. The van der Waals surface area contributed by atoms with Gasteiger partial charge in [-0.3, -0.25) is 9.89 Å². The number of aromatic amines is 1. The SMILES string of the molecule is CN(Cc1cn[nH]c1)C(=O)C(C)(C)C. The van der Waals surface area contributed by atoms with E-state index in [9.17, 15) is 4.79 Å². The van der Waals surface area contributed by atoms with Crippen molar-refractivity contribution in [2.24, 2.45) is 5.41 Å². The summed E-state index contributed by atoms with van der Waals surface area (Å²) in [5.74, 6) is 0.138. The van der Waals surface area contributed by atoms with E-state index in [0.29, 0.717) is 6.54 Å². The van der Waals surface area contributed by atoms with Gasteiger partial charge in [-0.1, -0.05) is 20.8 Å². The van der Waals surface area contributed by atoms with E-state index in [1.807, 2.05) is 20.8 Å². The number of hydrogen-bond acceptors (Lipinski definition) is 2. The van der Waals surface area contributed by atoms with Crippen LogP contribution in [-0.4, -0.2) is 28.1 Å². The van der Waals surface area contributed by atoms with E-state index in [-0.39, 0.29) is 11.3 Å². The zero-order valence-corrected chi connectivity index (χ0v) is 9.16. The van der Waals surface area contributed by atoms with Gasteiger partial charge >= 0.3 is 0 Å². The molecule has 1 aromatic heterocycles. The third kappa shape index (κ3) is 2.58. The summed E-state index contributed by atoms with van der Waals surface area (Å²) in [5.41, 5.74) is 0.698. The molecule has 78 valence electrons. The lowest BCUT2D eigenvalue weighted by molar-refractivity contribution is -0.138. The van der Waals surface area contributed by atoms with Crippen LogP contribution in [0.4, 0.5) is 0 Å². The van der Waals surface area contributed by atoms with Gasteiger partial charge in [0.05, 0.1) is 6.20 Å². The van der Waals surface area contributed by atoms with Crippen molar-refractivity contribution < 1.29 is 4.79 Å². The van der Waals surface area contributed by atoms with Crippen molar-refractivity contribution in [1.82, 2.24) is 15.1 Å². The van der Waals surface area contributed by atoms with Crippen LogP contribution in [0.25, 0.3) is 0 Å². The molecule has 0 aromatic carbocycles. The van der Waals surface area contributed by atoms with E-state index in [1.54, 1.807) is 24.3 Å². The number of carbonyl (C=O) groups is 1. The number of aromatic nitrogens is 2. The Morgan fingerprint density at radius 1 is 1.57 bits per heavy atom. The molecule has 0 unspecified atom stereocenters. The normalized spacial score (nSPS) is 11.4. The maximum Gasteiger partial charge on any atom is 0.227 e. The molecule has 0 saturated carbocycles. The van der Waals surface area contributed by atoms with Gasteiger partial charge in [-0.05, 0) is 0 Å². The average Bonchev–Trinajstić information content (AvgIpc) is 2.53. The average molecular weight is 195 g/mol. The van der Waals surface area contributed by atoms with E-state index < -0.39 is 0 Å². The van der Waals surface area contributed by atoms with Crippen LogP contribution in [0.15, 0.2) is 12.4 Å². The molecule has 14 heavy (non-hydrogen) atoms. The predicted molar refractivity (Wildman–Crippen MR) is 54.5 cm³/mol. The van der Waals surface area contributed by atoms with Crippen LogP contribution in [0.3, 0.4) is 0 Å². The van der Waals surface area contributed by atoms with Gasteiger partial charge in [-0.15, -0.1) is 0 Å². The standard InChI is InChI=1S/C10H17N3O/c1-10(2,3)9(14)13(4)7-8-5-11-12-6-8/h5-6H,7H2,1-4H3,(H,11,12). The highest BCUT2D eigenvalue weighted by atomic mass is 16.2. The van der Waals surface area contributed by atoms with E-state index in [1.165, 1.54) is 0 Å². The third-order valence-corrected chi connectivity index (χ3v) is 1.96.